The van der Waals surface area contributed by atoms with Gasteiger partial charge in [0.1, 0.15) is 5.03 Å². The summed E-state index contributed by atoms with van der Waals surface area (Å²) < 4.78 is 4.17. The second-order valence-electron chi connectivity index (χ2n) is 1.66. The SMILES string of the molecule is CSc1cc(C[C]=S)sn1. The Morgan fingerprint density at radius 1 is 1.90 bits per heavy atom. The molecule has 0 atom stereocenters. The highest BCUT2D eigenvalue weighted by Crippen LogP contribution is 2.17. The molecule has 10 heavy (non-hydrogen) atoms. The van der Waals surface area contributed by atoms with Crippen molar-refractivity contribution in [2.45, 2.75) is 11.4 Å². The first-order valence-electron chi connectivity index (χ1n) is 2.71. The second kappa shape index (κ2) is 4.05. The highest BCUT2D eigenvalue weighted by molar-refractivity contribution is 7.98. The molecule has 1 aromatic rings. The van der Waals surface area contributed by atoms with E-state index in [9.17, 15) is 0 Å². The molecular formula is C6H6NS3. The Balaban J connectivity index is 2.67. The van der Waals surface area contributed by atoms with Gasteiger partial charge in [-0.1, -0.05) is 12.2 Å². The molecule has 0 aromatic carbocycles. The predicted molar refractivity (Wildman–Crippen MR) is 50.2 cm³/mol. The summed E-state index contributed by atoms with van der Waals surface area (Å²) in [4.78, 5) is 1.19. The van der Waals surface area contributed by atoms with Crippen molar-refractivity contribution in [1.82, 2.24) is 4.37 Å². The lowest BCUT2D eigenvalue weighted by Gasteiger charge is -1.80. The molecule has 0 aliphatic rings. The monoisotopic (exact) mass is 188 g/mol. The Morgan fingerprint density at radius 2 is 2.70 bits per heavy atom. The van der Waals surface area contributed by atoms with E-state index in [1.54, 1.807) is 11.8 Å². The molecule has 1 aromatic heterocycles. The fourth-order valence-electron chi connectivity index (χ4n) is 0.545. The van der Waals surface area contributed by atoms with Gasteiger partial charge in [-0.15, -0.1) is 11.8 Å². The van der Waals surface area contributed by atoms with Gasteiger partial charge in [-0.2, -0.15) is 4.37 Å². The van der Waals surface area contributed by atoms with Gasteiger partial charge in [0.05, 0.1) is 0 Å². The lowest BCUT2D eigenvalue weighted by atomic mass is 10.4. The highest BCUT2D eigenvalue weighted by Gasteiger charge is 1.97. The smallest absolute Gasteiger partial charge is 0.110 e. The predicted octanol–water partition coefficient (Wildman–Crippen LogP) is 2.28. The molecule has 1 heterocycles. The minimum Gasteiger partial charge on any atom is -0.186 e. The van der Waals surface area contributed by atoms with E-state index in [-0.39, 0.29) is 0 Å². The summed E-state index contributed by atoms with van der Waals surface area (Å²) in [7, 11) is 0. The molecule has 1 nitrogen and oxygen atoms in total. The Labute approximate surface area is 74.0 Å². The molecule has 0 saturated heterocycles. The summed E-state index contributed by atoms with van der Waals surface area (Å²) in [6.07, 6.45) is 2.76. The number of rotatable bonds is 3. The van der Waals surface area contributed by atoms with Crippen LogP contribution in [0.15, 0.2) is 11.1 Å². The zero-order chi connectivity index (χ0) is 7.40. The molecule has 1 rings (SSSR count). The van der Waals surface area contributed by atoms with E-state index in [1.165, 1.54) is 16.4 Å². The average molecular weight is 188 g/mol. The van der Waals surface area contributed by atoms with E-state index < -0.39 is 0 Å². The summed E-state index contributed by atoms with van der Waals surface area (Å²) in [6.45, 7) is 0. The van der Waals surface area contributed by atoms with Gasteiger partial charge in [-0.25, -0.2) is 0 Å². The summed E-state index contributed by atoms with van der Waals surface area (Å²) >= 11 is 7.75. The van der Waals surface area contributed by atoms with Crippen molar-refractivity contribution < 1.29 is 0 Å². The molecule has 0 saturated carbocycles. The van der Waals surface area contributed by atoms with Gasteiger partial charge in [-0.3, -0.25) is 0 Å². The van der Waals surface area contributed by atoms with Crippen LogP contribution in [0.5, 0.6) is 0 Å². The van der Waals surface area contributed by atoms with Crippen molar-refractivity contribution >= 4 is 40.9 Å². The van der Waals surface area contributed by atoms with Crippen LogP contribution in [-0.2, 0) is 6.42 Å². The van der Waals surface area contributed by atoms with E-state index in [4.69, 9.17) is 0 Å². The minimum atomic E-state index is 0.744. The number of thiocarbonyl (C=S) groups is 1. The lowest BCUT2D eigenvalue weighted by molar-refractivity contribution is 1.28. The number of nitrogens with zero attached hydrogens (tertiary/aromatic N) is 1. The Bertz CT molecular complexity index is 219. The van der Waals surface area contributed by atoms with E-state index in [0.717, 1.165) is 11.4 Å². The van der Waals surface area contributed by atoms with Gasteiger partial charge in [0, 0.05) is 16.7 Å². The van der Waals surface area contributed by atoms with Crippen molar-refractivity contribution in [3.05, 3.63) is 10.9 Å². The molecular weight excluding hydrogens is 182 g/mol. The van der Waals surface area contributed by atoms with E-state index in [1.807, 2.05) is 6.26 Å². The zero-order valence-corrected chi connectivity index (χ0v) is 7.91. The fraction of sp³-hybridized carbons (Fsp3) is 0.333. The number of hydrogen-bond donors (Lipinski definition) is 0. The molecule has 0 N–H and O–H groups in total. The summed E-state index contributed by atoms with van der Waals surface area (Å²) in [5.74, 6) is 0. The highest BCUT2D eigenvalue weighted by atomic mass is 32.2. The van der Waals surface area contributed by atoms with Crippen LogP contribution in [0, 0.1) is 0 Å². The number of thioether (sulfide) groups is 1. The maximum atomic E-state index is 4.60. The maximum absolute atomic E-state index is 4.60. The van der Waals surface area contributed by atoms with Crippen LogP contribution >= 0.6 is 35.5 Å². The fourth-order valence-corrected chi connectivity index (χ4v) is 2.10. The van der Waals surface area contributed by atoms with Gasteiger partial charge in [0.25, 0.3) is 0 Å². The standard InChI is InChI=1S/C6H6NS3/c1-9-6-4-5(2-3-8)10-7-6/h4H,2H2,1H3. The molecule has 4 heteroatoms. The first-order chi connectivity index (χ1) is 4.86. The lowest BCUT2D eigenvalue weighted by Crippen LogP contribution is -1.74. The summed E-state index contributed by atoms with van der Waals surface area (Å²) in [6, 6.07) is 2.05. The third kappa shape index (κ3) is 2.04. The molecule has 53 valence electrons. The summed E-state index contributed by atoms with van der Waals surface area (Å²) in [5, 5.41) is 3.74. The third-order valence-electron chi connectivity index (χ3n) is 0.993. The van der Waals surface area contributed by atoms with Gasteiger partial charge in [0.15, 0.2) is 0 Å². The second-order valence-corrected chi connectivity index (χ2v) is 3.66. The molecule has 0 aliphatic carbocycles. The first kappa shape index (κ1) is 8.17. The number of hydrogen-bond acceptors (Lipinski definition) is 4. The Morgan fingerprint density at radius 3 is 3.20 bits per heavy atom. The molecule has 0 amide bonds. The first-order valence-corrected chi connectivity index (χ1v) is 5.12. The number of aromatic nitrogens is 1. The van der Waals surface area contributed by atoms with E-state index in [2.05, 4.69) is 28.0 Å². The van der Waals surface area contributed by atoms with Crippen molar-refractivity contribution in [3.63, 3.8) is 0 Å². The molecule has 1 radical (unpaired) electrons. The Hall–Kier alpha value is 0.0700. The van der Waals surface area contributed by atoms with Gasteiger partial charge >= 0.3 is 0 Å². The van der Waals surface area contributed by atoms with Gasteiger partial charge < -0.3 is 0 Å². The van der Waals surface area contributed by atoms with Crippen LogP contribution in [0.3, 0.4) is 0 Å². The van der Waals surface area contributed by atoms with Crippen LogP contribution < -0.4 is 0 Å². The van der Waals surface area contributed by atoms with E-state index >= 15 is 0 Å². The molecule has 0 unspecified atom stereocenters. The van der Waals surface area contributed by atoms with Crippen molar-refractivity contribution in [2.24, 2.45) is 0 Å². The van der Waals surface area contributed by atoms with Crippen molar-refractivity contribution in [1.29, 1.82) is 0 Å². The molecule has 0 bridgehead atoms. The normalized spacial score (nSPS) is 9.70. The van der Waals surface area contributed by atoms with Crippen molar-refractivity contribution in [2.75, 3.05) is 6.26 Å². The van der Waals surface area contributed by atoms with Crippen molar-refractivity contribution in [3.8, 4) is 0 Å². The average Bonchev–Trinajstić information content (AvgIpc) is 2.37. The zero-order valence-electron chi connectivity index (χ0n) is 5.46. The van der Waals surface area contributed by atoms with Gasteiger partial charge in [0.2, 0.25) is 0 Å². The third-order valence-corrected chi connectivity index (χ3v) is 2.66. The van der Waals surface area contributed by atoms with Crippen LogP contribution in [0.2, 0.25) is 0 Å². The van der Waals surface area contributed by atoms with Crippen LogP contribution in [-0.4, -0.2) is 16.0 Å². The topological polar surface area (TPSA) is 12.9 Å². The minimum absolute atomic E-state index is 0.744. The maximum Gasteiger partial charge on any atom is 0.110 e. The van der Waals surface area contributed by atoms with Crippen LogP contribution in [0.1, 0.15) is 4.88 Å². The van der Waals surface area contributed by atoms with Crippen LogP contribution in [0.4, 0.5) is 0 Å². The summed E-state index contributed by atoms with van der Waals surface area (Å²) in [5.41, 5.74) is 0. The van der Waals surface area contributed by atoms with Gasteiger partial charge in [-0.05, 0) is 23.9 Å². The molecule has 0 spiro atoms. The Kier molecular flexibility index (Phi) is 3.31. The molecule has 0 aliphatic heterocycles. The van der Waals surface area contributed by atoms with E-state index in [0.29, 0.717) is 0 Å². The molecule has 0 fully saturated rings. The quantitative estimate of drug-likeness (QED) is 0.533. The largest absolute Gasteiger partial charge is 0.186 e. The van der Waals surface area contributed by atoms with Crippen LogP contribution in [0.25, 0.3) is 0 Å².